The summed E-state index contributed by atoms with van der Waals surface area (Å²) < 4.78 is 1.83. The van der Waals surface area contributed by atoms with Crippen molar-refractivity contribution in [1.29, 1.82) is 0 Å². The van der Waals surface area contributed by atoms with E-state index < -0.39 is 0 Å². The summed E-state index contributed by atoms with van der Waals surface area (Å²) in [5.74, 6) is 0.400. The van der Waals surface area contributed by atoms with Gasteiger partial charge in [0.15, 0.2) is 0 Å². The van der Waals surface area contributed by atoms with Crippen LogP contribution in [0.2, 0.25) is 0 Å². The molecule has 27 heavy (non-hydrogen) atoms. The maximum absolute atomic E-state index is 12.6. The van der Waals surface area contributed by atoms with Gasteiger partial charge in [-0.3, -0.25) is 4.79 Å². The second-order valence-corrected chi connectivity index (χ2v) is 9.99. The Kier molecular flexibility index (Phi) is 6.73. The minimum absolute atomic E-state index is 0.0153. The molecule has 3 amide bonds. The predicted octanol–water partition coefficient (Wildman–Crippen LogP) is 3.70. The van der Waals surface area contributed by atoms with Crippen LogP contribution in [0.15, 0.2) is 6.07 Å². The summed E-state index contributed by atoms with van der Waals surface area (Å²) in [5.41, 5.74) is 0.150. The molecule has 0 fully saturated rings. The van der Waals surface area contributed by atoms with Gasteiger partial charge in [-0.2, -0.15) is 5.10 Å². The third-order valence-corrected chi connectivity index (χ3v) is 3.87. The lowest BCUT2D eigenvalue weighted by Crippen LogP contribution is -2.50. The van der Waals surface area contributed by atoms with Gasteiger partial charge in [0.05, 0.1) is 11.2 Å². The first-order valence-electron chi connectivity index (χ1n) is 9.52. The van der Waals surface area contributed by atoms with Crippen LogP contribution in [0.25, 0.3) is 0 Å². The zero-order chi connectivity index (χ0) is 21.2. The zero-order valence-corrected chi connectivity index (χ0v) is 18.6. The molecule has 1 rings (SSSR count). The van der Waals surface area contributed by atoms with Crippen LogP contribution in [0, 0.1) is 0 Å². The van der Waals surface area contributed by atoms with Crippen LogP contribution >= 0.6 is 0 Å². The molecule has 0 aliphatic rings. The number of urea groups is 1. The van der Waals surface area contributed by atoms with Crippen molar-refractivity contribution in [3.8, 4) is 0 Å². The molecule has 0 saturated heterocycles. The number of aromatic nitrogens is 2. The molecule has 7 heteroatoms. The second kappa shape index (κ2) is 7.90. The van der Waals surface area contributed by atoms with Crippen molar-refractivity contribution in [3.05, 3.63) is 11.8 Å². The molecule has 0 atom stereocenters. The molecular weight excluding hydrogens is 342 g/mol. The van der Waals surface area contributed by atoms with Gasteiger partial charge in [0.1, 0.15) is 12.4 Å². The monoisotopic (exact) mass is 379 g/mol. The highest BCUT2D eigenvalue weighted by Crippen LogP contribution is 2.28. The number of rotatable bonds is 4. The Morgan fingerprint density at radius 3 is 2.04 bits per heavy atom. The molecule has 0 unspecified atom stereocenters. The number of carbonyl (C=O) groups is 2. The molecular formula is C20H37N5O2. The molecule has 0 aliphatic carbocycles. The fourth-order valence-corrected chi connectivity index (χ4v) is 2.43. The fraction of sp³-hybridized carbons (Fsp3) is 0.750. The number of likely N-dealkylation sites (N-methyl/N-ethyl adjacent to an activating group) is 1. The number of nitrogens with one attached hydrogen (secondary N) is 2. The van der Waals surface area contributed by atoms with Crippen LogP contribution in [0.1, 0.15) is 74.9 Å². The van der Waals surface area contributed by atoms with Gasteiger partial charge in [-0.25, -0.2) is 9.48 Å². The highest BCUT2D eigenvalue weighted by Gasteiger charge is 2.27. The largest absolute Gasteiger partial charge is 0.333 e. The number of hydrogen-bond donors (Lipinski definition) is 2. The van der Waals surface area contributed by atoms with E-state index in [1.165, 1.54) is 4.90 Å². The first-order valence-corrected chi connectivity index (χ1v) is 9.52. The van der Waals surface area contributed by atoms with Crippen LogP contribution in [0.4, 0.5) is 10.6 Å². The highest BCUT2D eigenvalue weighted by atomic mass is 16.2. The van der Waals surface area contributed by atoms with Crippen molar-refractivity contribution in [3.63, 3.8) is 0 Å². The van der Waals surface area contributed by atoms with Gasteiger partial charge in [0.2, 0.25) is 5.91 Å². The number of amides is 3. The standard InChI is InChI=1S/C20H37N5O2/c1-11-24(17(27)22-19(5,6)7)13-16(26)21-15-12-14(18(2,3)4)23-25(15)20(8,9)10/h12H,11,13H2,1-10H3,(H,21,26)(H,22,27). The predicted molar refractivity (Wildman–Crippen MR) is 110 cm³/mol. The van der Waals surface area contributed by atoms with Crippen molar-refractivity contribution in [1.82, 2.24) is 20.0 Å². The molecule has 0 saturated carbocycles. The minimum Gasteiger partial charge on any atom is -0.333 e. The summed E-state index contributed by atoms with van der Waals surface area (Å²) in [6.07, 6.45) is 0. The van der Waals surface area contributed by atoms with E-state index in [1.807, 2.05) is 59.2 Å². The van der Waals surface area contributed by atoms with E-state index in [0.29, 0.717) is 12.4 Å². The van der Waals surface area contributed by atoms with Crippen LogP contribution < -0.4 is 10.6 Å². The molecule has 1 heterocycles. The highest BCUT2D eigenvalue weighted by molar-refractivity contribution is 5.93. The lowest BCUT2D eigenvalue weighted by atomic mass is 9.92. The first kappa shape index (κ1) is 23.0. The molecule has 2 N–H and O–H groups in total. The summed E-state index contributed by atoms with van der Waals surface area (Å²) in [6.45, 7) is 20.4. The molecule has 1 aromatic heterocycles. The van der Waals surface area contributed by atoms with Crippen LogP contribution in [0.5, 0.6) is 0 Å². The van der Waals surface area contributed by atoms with E-state index in [1.54, 1.807) is 0 Å². The van der Waals surface area contributed by atoms with Crippen molar-refractivity contribution in [2.45, 2.75) is 85.7 Å². The number of carbonyl (C=O) groups excluding carboxylic acids is 2. The average Bonchev–Trinajstić information content (AvgIpc) is 2.86. The smallest absolute Gasteiger partial charge is 0.318 e. The third-order valence-electron chi connectivity index (χ3n) is 3.87. The number of anilines is 1. The quantitative estimate of drug-likeness (QED) is 0.837. The van der Waals surface area contributed by atoms with Gasteiger partial charge < -0.3 is 15.5 Å². The SMILES string of the molecule is CCN(CC(=O)Nc1cc(C(C)(C)C)nn1C(C)(C)C)C(=O)NC(C)(C)C. The fourth-order valence-electron chi connectivity index (χ4n) is 2.43. The van der Waals surface area contributed by atoms with Crippen molar-refractivity contribution in [2.75, 3.05) is 18.4 Å². The zero-order valence-electron chi connectivity index (χ0n) is 18.6. The lowest BCUT2D eigenvalue weighted by Gasteiger charge is -2.27. The normalized spacial score (nSPS) is 12.7. The van der Waals surface area contributed by atoms with E-state index in [2.05, 4.69) is 31.4 Å². The van der Waals surface area contributed by atoms with Crippen molar-refractivity contribution >= 4 is 17.8 Å². The Bertz CT molecular complexity index is 672. The van der Waals surface area contributed by atoms with Gasteiger partial charge in [0.25, 0.3) is 0 Å². The van der Waals surface area contributed by atoms with Crippen LogP contribution in [-0.4, -0.2) is 45.2 Å². The topological polar surface area (TPSA) is 79.3 Å². The molecule has 0 bridgehead atoms. The molecule has 7 nitrogen and oxygen atoms in total. The Labute approximate surface area is 163 Å². The van der Waals surface area contributed by atoms with E-state index in [-0.39, 0.29) is 35.0 Å². The lowest BCUT2D eigenvalue weighted by molar-refractivity contribution is -0.116. The van der Waals surface area contributed by atoms with Crippen molar-refractivity contribution in [2.24, 2.45) is 0 Å². The van der Waals surface area contributed by atoms with Gasteiger partial charge in [-0.05, 0) is 48.5 Å². The molecule has 154 valence electrons. The van der Waals surface area contributed by atoms with Gasteiger partial charge in [0, 0.05) is 23.6 Å². The van der Waals surface area contributed by atoms with E-state index in [9.17, 15) is 9.59 Å². The van der Waals surface area contributed by atoms with E-state index in [0.717, 1.165) is 5.69 Å². The average molecular weight is 380 g/mol. The molecule has 0 aliphatic heterocycles. The van der Waals surface area contributed by atoms with Gasteiger partial charge in [-0.1, -0.05) is 20.8 Å². The van der Waals surface area contributed by atoms with Gasteiger partial charge >= 0.3 is 6.03 Å². The van der Waals surface area contributed by atoms with Crippen LogP contribution in [0.3, 0.4) is 0 Å². The maximum Gasteiger partial charge on any atom is 0.318 e. The molecule has 1 aromatic rings. The molecule has 0 radical (unpaired) electrons. The molecule has 0 aromatic carbocycles. The Hall–Kier alpha value is -2.05. The summed E-state index contributed by atoms with van der Waals surface area (Å²) in [5, 5.41) is 10.5. The second-order valence-electron chi connectivity index (χ2n) is 9.99. The summed E-state index contributed by atoms with van der Waals surface area (Å²) >= 11 is 0. The molecule has 0 spiro atoms. The summed E-state index contributed by atoms with van der Waals surface area (Å²) in [6, 6.07) is 1.66. The van der Waals surface area contributed by atoms with Gasteiger partial charge in [-0.15, -0.1) is 0 Å². The Balaban J connectivity index is 2.98. The summed E-state index contributed by atoms with van der Waals surface area (Å²) in [7, 11) is 0. The Morgan fingerprint density at radius 2 is 1.63 bits per heavy atom. The minimum atomic E-state index is -0.354. The van der Waals surface area contributed by atoms with E-state index >= 15 is 0 Å². The number of nitrogens with zero attached hydrogens (tertiary/aromatic N) is 3. The van der Waals surface area contributed by atoms with Crippen molar-refractivity contribution < 1.29 is 9.59 Å². The number of hydrogen-bond acceptors (Lipinski definition) is 3. The van der Waals surface area contributed by atoms with Crippen LogP contribution in [-0.2, 0) is 15.7 Å². The van der Waals surface area contributed by atoms with E-state index in [4.69, 9.17) is 5.10 Å². The third kappa shape index (κ3) is 6.88. The summed E-state index contributed by atoms with van der Waals surface area (Å²) in [4.78, 5) is 26.5. The first-order chi connectivity index (χ1) is 12.0. The maximum atomic E-state index is 12.6. The Morgan fingerprint density at radius 1 is 1.07 bits per heavy atom.